The third-order valence-electron chi connectivity index (χ3n) is 3.51. The molecule has 0 amide bonds. The normalized spacial score (nSPS) is 10.8. The maximum atomic E-state index is 14.0. The van der Waals surface area contributed by atoms with Crippen LogP contribution >= 0.6 is 12.2 Å². The zero-order valence-electron chi connectivity index (χ0n) is 11.9. The molecule has 106 valence electrons. The van der Waals surface area contributed by atoms with Gasteiger partial charge >= 0.3 is 0 Å². The number of nitrogens with one attached hydrogen (secondary N) is 1. The predicted molar refractivity (Wildman–Crippen MR) is 88.9 cm³/mol. The molecule has 21 heavy (non-hydrogen) atoms. The Hall–Kier alpha value is -2.20. The molecule has 0 spiro atoms. The van der Waals surface area contributed by atoms with Gasteiger partial charge in [-0.05, 0) is 29.7 Å². The van der Waals surface area contributed by atoms with Gasteiger partial charge in [0.15, 0.2) is 0 Å². The summed E-state index contributed by atoms with van der Waals surface area (Å²) in [5, 5.41) is 1.01. The number of hydrogen-bond donors (Lipinski definition) is 1. The molecule has 0 saturated heterocycles. The molecule has 0 aliphatic carbocycles. The lowest BCUT2D eigenvalue weighted by molar-refractivity contribution is 0.631. The predicted octanol–water partition coefficient (Wildman–Crippen LogP) is 4.77. The van der Waals surface area contributed by atoms with E-state index < -0.39 is 0 Å². The van der Waals surface area contributed by atoms with Gasteiger partial charge in [-0.15, -0.1) is 0 Å². The minimum atomic E-state index is -0.263. The standard InChI is InChI=1S/C17H15FN2S/c1-20(2)12-8-7-11-9-14(17(21)19-16(11)10-12)13-5-3-4-6-15(13)18/h3-10H,1-2H3,(H,19,21). The number of benzene rings is 2. The van der Waals surface area contributed by atoms with Crippen molar-refractivity contribution < 1.29 is 4.39 Å². The van der Waals surface area contributed by atoms with Gasteiger partial charge < -0.3 is 9.88 Å². The van der Waals surface area contributed by atoms with Crippen LogP contribution in [0.4, 0.5) is 10.1 Å². The van der Waals surface area contributed by atoms with Crippen LogP contribution in [0.3, 0.4) is 0 Å². The number of nitrogens with zero attached hydrogens (tertiary/aromatic N) is 1. The second-order valence-corrected chi connectivity index (χ2v) is 5.57. The maximum Gasteiger partial charge on any atom is 0.131 e. The molecule has 0 unspecified atom stereocenters. The van der Waals surface area contributed by atoms with Gasteiger partial charge in [0.1, 0.15) is 10.5 Å². The number of rotatable bonds is 2. The van der Waals surface area contributed by atoms with E-state index in [1.165, 1.54) is 6.07 Å². The lowest BCUT2D eigenvalue weighted by Crippen LogP contribution is -2.08. The number of H-pyrrole nitrogens is 1. The van der Waals surface area contributed by atoms with Gasteiger partial charge in [0.05, 0.1) is 0 Å². The van der Waals surface area contributed by atoms with Gasteiger partial charge in [-0.3, -0.25) is 0 Å². The van der Waals surface area contributed by atoms with Crippen LogP contribution in [0.25, 0.3) is 22.0 Å². The molecule has 0 fully saturated rings. The molecule has 0 saturated carbocycles. The Morgan fingerprint density at radius 2 is 1.76 bits per heavy atom. The van der Waals surface area contributed by atoms with Crippen LogP contribution in [0.5, 0.6) is 0 Å². The third kappa shape index (κ3) is 2.54. The SMILES string of the molecule is CN(C)c1ccc2cc(-c3ccccc3F)c(=S)[nH]c2c1. The zero-order chi connectivity index (χ0) is 15.0. The highest BCUT2D eigenvalue weighted by Crippen LogP contribution is 2.28. The largest absolute Gasteiger partial charge is 0.378 e. The molecular weight excluding hydrogens is 283 g/mol. The Labute approximate surface area is 127 Å². The van der Waals surface area contributed by atoms with Crippen molar-refractivity contribution in [3.63, 3.8) is 0 Å². The number of halogens is 1. The smallest absolute Gasteiger partial charge is 0.131 e. The Bertz CT molecular complexity index is 868. The summed E-state index contributed by atoms with van der Waals surface area (Å²) in [6, 6.07) is 14.7. The average Bonchev–Trinajstić information content (AvgIpc) is 2.46. The quantitative estimate of drug-likeness (QED) is 0.687. The monoisotopic (exact) mass is 298 g/mol. The molecular formula is C17H15FN2S. The van der Waals surface area contributed by atoms with Crippen molar-refractivity contribution >= 4 is 28.8 Å². The van der Waals surface area contributed by atoms with Gasteiger partial charge in [0, 0.05) is 36.4 Å². The van der Waals surface area contributed by atoms with Crippen molar-refractivity contribution in [3.05, 3.63) is 59.0 Å². The van der Waals surface area contributed by atoms with Crippen molar-refractivity contribution in [2.75, 3.05) is 19.0 Å². The van der Waals surface area contributed by atoms with Crippen molar-refractivity contribution in [3.8, 4) is 11.1 Å². The summed E-state index contributed by atoms with van der Waals surface area (Å²) in [4.78, 5) is 5.23. The van der Waals surface area contributed by atoms with Crippen molar-refractivity contribution in [2.24, 2.45) is 0 Å². The molecule has 1 aromatic heterocycles. The maximum absolute atomic E-state index is 14.0. The van der Waals surface area contributed by atoms with Crippen molar-refractivity contribution in [1.82, 2.24) is 4.98 Å². The van der Waals surface area contributed by atoms with E-state index >= 15 is 0 Å². The van der Waals surface area contributed by atoms with Gasteiger partial charge in [-0.2, -0.15) is 0 Å². The zero-order valence-corrected chi connectivity index (χ0v) is 12.7. The van der Waals surface area contributed by atoms with E-state index in [1.807, 2.05) is 49.3 Å². The highest BCUT2D eigenvalue weighted by Gasteiger charge is 2.08. The molecule has 1 N–H and O–H groups in total. The second-order valence-electron chi connectivity index (χ2n) is 5.16. The lowest BCUT2D eigenvalue weighted by Gasteiger charge is -2.13. The molecule has 4 heteroatoms. The van der Waals surface area contributed by atoms with E-state index in [9.17, 15) is 4.39 Å². The summed E-state index contributed by atoms with van der Waals surface area (Å²) in [5.74, 6) is -0.263. The first-order chi connectivity index (χ1) is 10.1. The highest BCUT2D eigenvalue weighted by atomic mass is 32.1. The number of fused-ring (bicyclic) bond motifs is 1. The molecule has 0 radical (unpaired) electrons. The number of anilines is 1. The van der Waals surface area contributed by atoms with Gasteiger partial charge in [0.2, 0.25) is 0 Å². The first-order valence-electron chi connectivity index (χ1n) is 6.65. The first kappa shape index (κ1) is 13.8. The Morgan fingerprint density at radius 3 is 2.48 bits per heavy atom. The number of hydrogen-bond acceptors (Lipinski definition) is 2. The topological polar surface area (TPSA) is 19.0 Å². The van der Waals surface area contributed by atoms with Crippen molar-refractivity contribution in [1.29, 1.82) is 0 Å². The van der Waals surface area contributed by atoms with E-state index in [2.05, 4.69) is 4.98 Å². The molecule has 3 rings (SSSR count). The third-order valence-corrected chi connectivity index (χ3v) is 3.83. The molecule has 2 aromatic carbocycles. The molecule has 2 nitrogen and oxygen atoms in total. The summed E-state index contributed by atoms with van der Waals surface area (Å²) in [6.07, 6.45) is 0. The fraction of sp³-hybridized carbons (Fsp3) is 0.118. The molecule has 0 atom stereocenters. The Balaban J connectivity index is 2.23. The fourth-order valence-corrected chi connectivity index (χ4v) is 2.63. The van der Waals surface area contributed by atoms with E-state index in [4.69, 9.17) is 12.2 Å². The van der Waals surface area contributed by atoms with Crippen LogP contribution in [0.15, 0.2) is 48.5 Å². The second kappa shape index (κ2) is 5.30. The molecule has 0 aliphatic rings. The molecule has 0 aliphatic heterocycles. The van der Waals surface area contributed by atoms with Crippen LogP contribution < -0.4 is 4.90 Å². The van der Waals surface area contributed by atoms with Crippen LogP contribution in [0.2, 0.25) is 0 Å². The summed E-state index contributed by atoms with van der Waals surface area (Å²) >= 11 is 5.39. The minimum Gasteiger partial charge on any atom is -0.378 e. The summed E-state index contributed by atoms with van der Waals surface area (Å²) in [5.41, 5.74) is 3.28. The van der Waals surface area contributed by atoms with Gasteiger partial charge in [-0.25, -0.2) is 4.39 Å². The first-order valence-corrected chi connectivity index (χ1v) is 7.06. The highest BCUT2D eigenvalue weighted by molar-refractivity contribution is 7.71. The van der Waals surface area contributed by atoms with Crippen LogP contribution in [-0.4, -0.2) is 19.1 Å². The number of pyridine rings is 1. The van der Waals surface area contributed by atoms with E-state index in [0.29, 0.717) is 15.8 Å². The van der Waals surface area contributed by atoms with E-state index in [-0.39, 0.29) is 5.82 Å². The number of aromatic nitrogens is 1. The Morgan fingerprint density at radius 1 is 1.00 bits per heavy atom. The minimum absolute atomic E-state index is 0.263. The molecule has 3 aromatic rings. The molecule has 0 bridgehead atoms. The lowest BCUT2D eigenvalue weighted by atomic mass is 10.0. The van der Waals surface area contributed by atoms with E-state index in [0.717, 1.165) is 16.6 Å². The summed E-state index contributed by atoms with van der Waals surface area (Å²) in [7, 11) is 3.98. The average molecular weight is 298 g/mol. The fourth-order valence-electron chi connectivity index (χ4n) is 2.35. The summed E-state index contributed by atoms with van der Waals surface area (Å²) < 4.78 is 14.5. The Kier molecular flexibility index (Phi) is 3.47. The summed E-state index contributed by atoms with van der Waals surface area (Å²) in [6.45, 7) is 0. The van der Waals surface area contributed by atoms with Crippen LogP contribution in [-0.2, 0) is 0 Å². The van der Waals surface area contributed by atoms with Gasteiger partial charge in [0.25, 0.3) is 0 Å². The van der Waals surface area contributed by atoms with Gasteiger partial charge in [-0.1, -0.05) is 36.5 Å². The van der Waals surface area contributed by atoms with E-state index in [1.54, 1.807) is 12.1 Å². The molecule has 1 heterocycles. The van der Waals surface area contributed by atoms with Crippen molar-refractivity contribution in [2.45, 2.75) is 0 Å². The van der Waals surface area contributed by atoms with Crippen LogP contribution in [0, 0.1) is 10.5 Å². The number of aromatic amines is 1. The van der Waals surface area contributed by atoms with Crippen LogP contribution in [0.1, 0.15) is 0 Å².